The zero-order valence-electron chi connectivity index (χ0n) is 14.3. The molecule has 0 fully saturated rings. The van der Waals surface area contributed by atoms with Gasteiger partial charge in [-0.25, -0.2) is 4.68 Å². The van der Waals surface area contributed by atoms with Crippen LogP contribution in [0.15, 0.2) is 72.4 Å². The number of nitrogens with zero attached hydrogens (tertiary/aromatic N) is 3. The first-order valence-corrected chi connectivity index (χ1v) is 9.21. The average Bonchev–Trinajstić information content (AvgIpc) is 3.41. The summed E-state index contributed by atoms with van der Waals surface area (Å²) >= 11 is 1.63. The molecule has 3 aromatic heterocycles. The maximum atomic E-state index is 12.9. The van der Waals surface area contributed by atoms with Crippen LogP contribution in [0.2, 0.25) is 0 Å². The Labute approximate surface area is 155 Å². The molecule has 4 aromatic rings. The van der Waals surface area contributed by atoms with E-state index in [2.05, 4.69) is 10.4 Å². The fourth-order valence-electron chi connectivity index (χ4n) is 2.91. The summed E-state index contributed by atoms with van der Waals surface area (Å²) in [6, 6.07) is 17.7. The van der Waals surface area contributed by atoms with Gasteiger partial charge in [0, 0.05) is 17.3 Å². The minimum atomic E-state index is -0.123. The summed E-state index contributed by atoms with van der Waals surface area (Å²) in [4.78, 5) is 14.1. The smallest absolute Gasteiger partial charge is 0.257 e. The molecule has 0 aliphatic rings. The molecule has 1 aromatic carbocycles. The average molecular weight is 362 g/mol. The van der Waals surface area contributed by atoms with Gasteiger partial charge in [-0.05, 0) is 42.6 Å². The van der Waals surface area contributed by atoms with E-state index < -0.39 is 0 Å². The number of carbonyl (C=O) groups excluding carboxylic acids is 1. The highest BCUT2D eigenvalue weighted by Crippen LogP contribution is 2.23. The predicted octanol–water partition coefficient (Wildman–Crippen LogP) is 3.96. The van der Waals surface area contributed by atoms with Crippen LogP contribution < -0.4 is 5.32 Å². The molecule has 1 N–H and O–H groups in total. The van der Waals surface area contributed by atoms with E-state index in [1.807, 2.05) is 88.5 Å². The largest absolute Gasteiger partial charge is 0.347 e. The number of rotatable bonds is 5. The quantitative estimate of drug-likeness (QED) is 0.584. The van der Waals surface area contributed by atoms with E-state index in [0.29, 0.717) is 17.8 Å². The van der Waals surface area contributed by atoms with Crippen molar-refractivity contribution in [2.24, 2.45) is 0 Å². The summed E-state index contributed by atoms with van der Waals surface area (Å²) in [7, 11) is 0. The number of para-hydroxylation sites is 1. The second-order valence-corrected chi connectivity index (χ2v) is 6.92. The van der Waals surface area contributed by atoms with E-state index in [9.17, 15) is 4.79 Å². The van der Waals surface area contributed by atoms with Gasteiger partial charge in [-0.2, -0.15) is 5.10 Å². The number of hydrogen-bond acceptors (Lipinski definition) is 3. The van der Waals surface area contributed by atoms with E-state index >= 15 is 0 Å². The highest BCUT2D eigenvalue weighted by Gasteiger charge is 2.23. The molecule has 1 amide bonds. The molecule has 0 saturated heterocycles. The van der Waals surface area contributed by atoms with E-state index in [4.69, 9.17) is 0 Å². The number of thiophene rings is 1. The molecule has 6 heteroatoms. The van der Waals surface area contributed by atoms with Crippen molar-refractivity contribution in [1.29, 1.82) is 0 Å². The number of benzene rings is 1. The number of nitrogens with one attached hydrogen (secondary N) is 1. The fourth-order valence-corrected chi connectivity index (χ4v) is 3.56. The summed E-state index contributed by atoms with van der Waals surface area (Å²) in [5.41, 5.74) is 2.19. The van der Waals surface area contributed by atoms with Gasteiger partial charge in [-0.15, -0.1) is 11.3 Å². The molecule has 0 bridgehead atoms. The molecule has 0 unspecified atom stereocenters. The maximum Gasteiger partial charge on any atom is 0.257 e. The Balaban J connectivity index is 1.76. The van der Waals surface area contributed by atoms with Gasteiger partial charge in [0.25, 0.3) is 5.91 Å². The van der Waals surface area contributed by atoms with Gasteiger partial charge in [-0.3, -0.25) is 4.79 Å². The molecule has 26 heavy (non-hydrogen) atoms. The standard InChI is InChI=1S/C20H18N4OS/c1-15-18(19(25)21-14-17-10-7-13-26-17)20(23-11-5-6-12-23)24(22-15)16-8-3-2-4-9-16/h2-13H,14H2,1H3,(H,21,25). The zero-order chi connectivity index (χ0) is 17.9. The summed E-state index contributed by atoms with van der Waals surface area (Å²) in [5, 5.41) is 9.66. The molecular formula is C20H18N4OS. The highest BCUT2D eigenvalue weighted by molar-refractivity contribution is 7.09. The number of amides is 1. The first-order valence-electron chi connectivity index (χ1n) is 8.33. The van der Waals surface area contributed by atoms with Crippen LogP contribution in [-0.2, 0) is 6.54 Å². The molecule has 0 saturated carbocycles. The lowest BCUT2D eigenvalue weighted by Crippen LogP contribution is -2.24. The van der Waals surface area contributed by atoms with Crippen molar-refractivity contribution in [3.8, 4) is 11.5 Å². The normalized spacial score (nSPS) is 10.8. The van der Waals surface area contributed by atoms with E-state index in [1.54, 1.807) is 11.3 Å². The summed E-state index contributed by atoms with van der Waals surface area (Å²) in [6.45, 7) is 2.38. The fraction of sp³-hybridized carbons (Fsp3) is 0.100. The van der Waals surface area contributed by atoms with Gasteiger partial charge in [0.15, 0.2) is 5.82 Å². The van der Waals surface area contributed by atoms with Crippen LogP contribution in [0.25, 0.3) is 11.5 Å². The Morgan fingerprint density at radius 1 is 1.08 bits per heavy atom. The number of aromatic nitrogens is 3. The predicted molar refractivity (Wildman–Crippen MR) is 103 cm³/mol. The molecule has 130 valence electrons. The lowest BCUT2D eigenvalue weighted by atomic mass is 10.2. The van der Waals surface area contributed by atoms with Crippen molar-refractivity contribution in [3.63, 3.8) is 0 Å². The third kappa shape index (κ3) is 3.07. The Hall–Kier alpha value is -3.12. The van der Waals surface area contributed by atoms with Crippen LogP contribution in [0, 0.1) is 6.92 Å². The molecule has 5 nitrogen and oxygen atoms in total. The van der Waals surface area contributed by atoms with Crippen molar-refractivity contribution < 1.29 is 4.79 Å². The Kier molecular flexibility index (Phi) is 4.41. The first kappa shape index (κ1) is 16.4. The van der Waals surface area contributed by atoms with Crippen LogP contribution in [0.1, 0.15) is 20.9 Å². The van der Waals surface area contributed by atoms with E-state index in [-0.39, 0.29) is 5.91 Å². The lowest BCUT2D eigenvalue weighted by molar-refractivity contribution is 0.0950. The molecule has 0 aliphatic carbocycles. The van der Waals surface area contributed by atoms with Crippen molar-refractivity contribution in [1.82, 2.24) is 19.7 Å². The Morgan fingerprint density at radius 3 is 2.54 bits per heavy atom. The number of hydrogen-bond donors (Lipinski definition) is 1. The van der Waals surface area contributed by atoms with Crippen LogP contribution in [0.5, 0.6) is 0 Å². The third-order valence-corrected chi connectivity index (χ3v) is 4.99. The van der Waals surface area contributed by atoms with Gasteiger partial charge >= 0.3 is 0 Å². The topological polar surface area (TPSA) is 51.9 Å². The van der Waals surface area contributed by atoms with E-state index in [0.717, 1.165) is 16.4 Å². The van der Waals surface area contributed by atoms with Crippen LogP contribution in [0.3, 0.4) is 0 Å². The number of aryl methyl sites for hydroxylation is 1. The first-order chi connectivity index (χ1) is 12.7. The van der Waals surface area contributed by atoms with Gasteiger partial charge in [0.05, 0.1) is 17.9 Å². The molecule has 0 radical (unpaired) electrons. The summed E-state index contributed by atoms with van der Waals surface area (Å²) < 4.78 is 3.74. The minimum absolute atomic E-state index is 0.123. The lowest BCUT2D eigenvalue weighted by Gasteiger charge is -2.11. The summed E-state index contributed by atoms with van der Waals surface area (Å²) in [5.74, 6) is 0.615. The monoisotopic (exact) mass is 362 g/mol. The van der Waals surface area contributed by atoms with Crippen LogP contribution in [0.4, 0.5) is 0 Å². The molecule has 0 atom stereocenters. The van der Waals surface area contributed by atoms with Gasteiger partial charge in [0.2, 0.25) is 0 Å². The van der Waals surface area contributed by atoms with E-state index in [1.165, 1.54) is 0 Å². The molecule has 4 rings (SSSR count). The zero-order valence-corrected chi connectivity index (χ0v) is 15.1. The highest BCUT2D eigenvalue weighted by atomic mass is 32.1. The van der Waals surface area contributed by atoms with Crippen molar-refractivity contribution in [2.45, 2.75) is 13.5 Å². The van der Waals surface area contributed by atoms with Crippen molar-refractivity contribution >= 4 is 17.2 Å². The molecular weight excluding hydrogens is 344 g/mol. The Morgan fingerprint density at radius 2 is 1.85 bits per heavy atom. The molecule has 3 heterocycles. The van der Waals surface area contributed by atoms with Crippen LogP contribution >= 0.6 is 11.3 Å². The summed E-state index contributed by atoms with van der Waals surface area (Å²) in [6.07, 6.45) is 3.85. The van der Waals surface area contributed by atoms with Crippen molar-refractivity contribution in [2.75, 3.05) is 0 Å². The van der Waals surface area contributed by atoms with Gasteiger partial charge in [0.1, 0.15) is 5.56 Å². The van der Waals surface area contributed by atoms with Gasteiger partial charge in [-0.1, -0.05) is 24.3 Å². The second-order valence-electron chi connectivity index (χ2n) is 5.88. The minimum Gasteiger partial charge on any atom is -0.347 e. The second kappa shape index (κ2) is 7.01. The number of carbonyl (C=O) groups is 1. The van der Waals surface area contributed by atoms with Gasteiger partial charge < -0.3 is 9.88 Å². The van der Waals surface area contributed by atoms with Crippen LogP contribution in [-0.4, -0.2) is 20.3 Å². The van der Waals surface area contributed by atoms with Crippen molar-refractivity contribution in [3.05, 3.63) is 88.5 Å². The molecule has 0 aliphatic heterocycles. The Bertz CT molecular complexity index is 1000. The SMILES string of the molecule is Cc1nn(-c2ccccc2)c(-n2cccc2)c1C(=O)NCc1cccs1. The third-order valence-electron chi connectivity index (χ3n) is 4.12. The molecule has 0 spiro atoms. The maximum absolute atomic E-state index is 12.9.